The monoisotopic (exact) mass is 385 g/mol. The van der Waals surface area contributed by atoms with Crippen LogP contribution in [0.4, 0.5) is 17.2 Å². The third-order valence-electron chi connectivity index (χ3n) is 4.19. The number of nitrogens with one attached hydrogen (secondary N) is 2. The van der Waals surface area contributed by atoms with E-state index in [9.17, 15) is 4.79 Å². The van der Waals surface area contributed by atoms with Crippen LogP contribution in [0.3, 0.4) is 0 Å². The molecule has 0 bridgehead atoms. The van der Waals surface area contributed by atoms with Crippen molar-refractivity contribution < 1.29 is 4.79 Å². The molecule has 0 atom stereocenters. The molecular formula is C21H19N7O. The van der Waals surface area contributed by atoms with Crippen molar-refractivity contribution in [2.75, 3.05) is 10.6 Å². The molecule has 4 aromatic rings. The number of carbonyl (C=O) groups excluding carboxylic acids is 1. The lowest BCUT2D eigenvalue weighted by Crippen LogP contribution is -2.13. The molecule has 0 fully saturated rings. The van der Waals surface area contributed by atoms with Crippen LogP contribution in [-0.2, 0) is 0 Å². The van der Waals surface area contributed by atoms with Gasteiger partial charge in [-0.1, -0.05) is 6.07 Å². The maximum Gasteiger partial charge on any atom is 0.274 e. The molecule has 0 saturated carbocycles. The normalized spacial score (nSPS) is 10.6. The van der Waals surface area contributed by atoms with E-state index in [1.54, 1.807) is 41.2 Å². The van der Waals surface area contributed by atoms with E-state index >= 15 is 0 Å². The maximum absolute atomic E-state index is 12.1. The average molecular weight is 385 g/mol. The molecule has 0 spiro atoms. The number of hydrogen-bond donors (Lipinski definition) is 2. The number of rotatable bonds is 5. The highest BCUT2D eigenvalue weighted by molar-refractivity contribution is 6.02. The first-order chi connectivity index (χ1) is 14.1. The van der Waals surface area contributed by atoms with Crippen molar-refractivity contribution >= 4 is 23.1 Å². The molecule has 0 aliphatic heterocycles. The zero-order valence-electron chi connectivity index (χ0n) is 16.0. The number of pyridine rings is 1. The van der Waals surface area contributed by atoms with Crippen molar-refractivity contribution in [1.82, 2.24) is 25.0 Å². The summed E-state index contributed by atoms with van der Waals surface area (Å²) in [5, 5.41) is 18.9. The van der Waals surface area contributed by atoms with Gasteiger partial charge in [0.15, 0.2) is 11.6 Å². The van der Waals surface area contributed by atoms with Gasteiger partial charge in [-0.3, -0.25) is 9.78 Å². The lowest BCUT2D eigenvalue weighted by molar-refractivity contribution is 0.102. The zero-order chi connectivity index (χ0) is 20.2. The maximum atomic E-state index is 12.1. The summed E-state index contributed by atoms with van der Waals surface area (Å²) in [6.07, 6.45) is 1.59. The Balaban J connectivity index is 1.41. The highest BCUT2D eigenvalue weighted by Crippen LogP contribution is 2.18. The van der Waals surface area contributed by atoms with Gasteiger partial charge in [-0.05, 0) is 68.4 Å². The number of benzene rings is 1. The Morgan fingerprint density at radius 2 is 1.72 bits per heavy atom. The van der Waals surface area contributed by atoms with Gasteiger partial charge in [0.25, 0.3) is 5.91 Å². The highest BCUT2D eigenvalue weighted by Gasteiger charge is 2.08. The molecule has 3 aromatic heterocycles. The third kappa shape index (κ3) is 4.27. The van der Waals surface area contributed by atoms with Crippen LogP contribution in [0, 0.1) is 13.8 Å². The molecule has 1 aromatic carbocycles. The summed E-state index contributed by atoms with van der Waals surface area (Å²) in [6.45, 7) is 3.91. The Hall–Kier alpha value is -4.07. The van der Waals surface area contributed by atoms with Crippen molar-refractivity contribution in [3.63, 3.8) is 0 Å². The quantitative estimate of drug-likeness (QED) is 0.544. The minimum Gasteiger partial charge on any atom is -0.339 e. The van der Waals surface area contributed by atoms with Gasteiger partial charge in [0.2, 0.25) is 0 Å². The number of hydrogen-bond acceptors (Lipinski definition) is 6. The first kappa shape index (κ1) is 18.3. The van der Waals surface area contributed by atoms with Gasteiger partial charge < -0.3 is 10.6 Å². The molecule has 0 saturated heterocycles. The molecule has 0 radical (unpaired) electrons. The summed E-state index contributed by atoms with van der Waals surface area (Å²) in [5.41, 5.74) is 3.81. The van der Waals surface area contributed by atoms with Crippen molar-refractivity contribution in [2.24, 2.45) is 0 Å². The van der Waals surface area contributed by atoms with E-state index in [1.165, 1.54) is 0 Å². The van der Waals surface area contributed by atoms with Crippen LogP contribution in [0.2, 0.25) is 0 Å². The lowest BCUT2D eigenvalue weighted by Gasteiger charge is -2.08. The first-order valence-corrected chi connectivity index (χ1v) is 9.05. The number of aromatic nitrogens is 5. The summed E-state index contributed by atoms with van der Waals surface area (Å²) in [5.74, 6) is 1.02. The third-order valence-corrected chi connectivity index (χ3v) is 4.19. The zero-order valence-corrected chi connectivity index (χ0v) is 16.0. The van der Waals surface area contributed by atoms with Crippen LogP contribution in [0.1, 0.15) is 21.9 Å². The largest absolute Gasteiger partial charge is 0.339 e. The molecule has 29 heavy (non-hydrogen) atoms. The van der Waals surface area contributed by atoms with Crippen molar-refractivity contribution in [2.45, 2.75) is 13.8 Å². The fourth-order valence-corrected chi connectivity index (χ4v) is 2.84. The molecule has 0 aliphatic rings. The Bertz CT molecular complexity index is 1120. The van der Waals surface area contributed by atoms with E-state index in [0.717, 1.165) is 17.1 Å². The van der Waals surface area contributed by atoms with Crippen molar-refractivity contribution in [3.8, 4) is 5.82 Å². The number of carbonyl (C=O) groups is 1. The van der Waals surface area contributed by atoms with Gasteiger partial charge in [-0.15, -0.1) is 10.2 Å². The standard InChI is InChI=1S/C21H19N7O/c1-14-13-15(2)28(27-14)20-11-10-19(25-26-20)23-16-6-8-17(9-7-16)24-21(29)18-5-3-4-12-22-18/h3-13H,1-2H3,(H,23,25)(H,24,29). The van der Waals surface area contributed by atoms with E-state index in [-0.39, 0.29) is 5.91 Å². The smallest absolute Gasteiger partial charge is 0.274 e. The Morgan fingerprint density at radius 3 is 2.34 bits per heavy atom. The minimum absolute atomic E-state index is 0.253. The second-order valence-corrected chi connectivity index (χ2v) is 6.49. The predicted octanol–water partition coefficient (Wildman–Crippen LogP) is 3.67. The van der Waals surface area contributed by atoms with Crippen LogP contribution in [0.5, 0.6) is 0 Å². The Kier molecular flexibility index (Phi) is 4.98. The van der Waals surface area contributed by atoms with Gasteiger partial charge in [-0.25, -0.2) is 4.68 Å². The molecule has 1 amide bonds. The Morgan fingerprint density at radius 1 is 0.931 bits per heavy atom. The molecule has 8 nitrogen and oxygen atoms in total. The summed E-state index contributed by atoms with van der Waals surface area (Å²) in [7, 11) is 0. The van der Waals surface area contributed by atoms with Crippen molar-refractivity contribution in [3.05, 3.63) is 83.9 Å². The van der Waals surface area contributed by atoms with Crippen LogP contribution >= 0.6 is 0 Å². The van der Waals surface area contributed by atoms with Gasteiger partial charge in [0.05, 0.1) is 5.69 Å². The van der Waals surface area contributed by atoms with Gasteiger partial charge in [0, 0.05) is 23.3 Å². The topological polar surface area (TPSA) is 97.6 Å². The molecule has 3 heterocycles. The van der Waals surface area contributed by atoms with Gasteiger partial charge >= 0.3 is 0 Å². The molecule has 4 rings (SSSR count). The van der Waals surface area contributed by atoms with Crippen molar-refractivity contribution in [1.29, 1.82) is 0 Å². The fourth-order valence-electron chi connectivity index (χ4n) is 2.84. The molecule has 144 valence electrons. The van der Waals surface area contributed by atoms with E-state index in [2.05, 4.69) is 30.9 Å². The molecule has 0 aliphatic carbocycles. The summed E-state index contributed by atoms with van der Waals surface area (Å²) in [6, 6.07) is 18.2. The number of nitrogens with zero attached hydrogens (tertiary/aromatic N) is 5. The van der Waals surface area contributed by atoms with E-state index in [0.29, 0.717) is 23.0 Å². The molecule has 0 unspecified atom stereocenters. The number of amides is 1. The van der Waals surface area contributed by atoms with Gasteiger partial charge in [0.1, 0.15) is 5.69 Å². The van der Waals surface area contributed by atoms with E-state index in [4.69, 9.17) is 0 Å². The molecular weight excluding hydrogens is 366 g/mol. The van der Waals surface area contributed by atoms with Gasteiger partial charge in [-0.2, -0.15) is 5.10 Å². The van der Waals surface area contributed by atoms with E-state index in [1.807, 2.05) is 44.2 Å². The Labute approximate surface area is 167 Å². The summed E-state index contributed by atoms with van der Waals surface area (Å²) >= 11 is 0. The van der Waals surface area contributed by atoms with Crippen LogP contribution in [0.15, 0.2) is 66.9 Å². The fraction of sp³-hybridized carbons (Fsp3) is 0.0952. The average Bonchev–Trinajstić information content (AvgIpc) is 3.08. The summed E-state index contributed by atoms with van der Waals surface area (Å²) in [4.78, 5) is 16.2. The summed E-state index contributed by atoms with van der Waals surface area (Å²) < 4.78 is 1.76. The van der Waals surface area contributed by atoms with E-state index < -0.39 is 0 Å². The predicted molar refractivity (Wildman–Crippen MR) is 111 cm³/mol. The highest BCUT2D eigenvalue weighted by atomic mass is 16.1. The second-order valence-electron chi connectivity index (χ2n) is 6.49. The SMILES string of the molecule is Cc1cc(C)n(-c2ccc(Nc3ccc(NC(=O)c4ccccn4)cc3)nn2)n1. The second kappa shape index (κ2) is 7.89. The lowest BCUT2D eigenvalue weighted by atomic mass is 10.2. The number of anilines is 3. The minimum atomic E-state index is -0.253. The van der Waals surface area contributed by atoms with Crippen LogP contribution < -0.4 is 10.6 Å². The molecule has 2 N–H and O–H groups in total. The number of aryl methyl sites for hydroxylation is 2. The molecule has 8 heteroatoms. The first-order valence-electron chi connectivity index (χ1n) is 9.05. The van der Waals surface area contributed by atoms with Crippen LogP contribution in [-0.4, -0.2) is 30.9 Å². The van der Waals surface area contributed by atoms with Crippen LogP contribution in [0.25, 0.3) is 5.82 Å².